The first-order valence-corrected chi connectivity index (χ1v) is 8.17. The van der Waals surface area contributed by atoms with Gasteiger partial charge in [-0.25, -0.2) is 0 Å². The second-order valence-corrected chi connectivity index (χ2v) is 6.21. The lowest BCUT2D eigenvalue weighted by molar-refractivity contribution is -0.137. The van der Waals surface area contributed by atoms with Crippen LogP contribution in [0.5, 0.6) is 0 Å². The zero-order valence-corrected chi connectivity index (χ0v) is 13.6. The highest BCUT2D eigenvalue weighted by Crippen LogP contribution is 2.31. The second kappa shape index (κ2) is 7.17. The molecule has 3 nitrogen and oxygen atoms in total. The molecule has 0 radical (unpaired) electrons. The number of nitrogens with one attached hydrogen (secondary N) is 1. The van der Waals surface area contributed by atoms with Gasteiger partial charge in [-0.1, -0.05) is 30.3 Å². The molecule has 0 bridgehead atoms. The molecular formula is C19H19F3N2O. The van der Waals surface area contributed by atoms with Gasteiger partial charge in [-0.05, 0) is 36.2 Å². The largest absolute Gasteiger partial charge is 0.416 e. The van der Waals surface area contributed by atoms with E-state index in [1.165, 1.54) is 12.1 Å². The first kappa shape index (κ1) is 17.3. The Morgan fingerprint density at radius 3 is 2.40 bits per heavy atom. The third kappa shape index (κ3) is 4.53. The van der Waals surface area contributed by atoms with Gasteiger partial charge in [0.15, 0.2) is 0 Å². The van der Waals surface area contributed by atoms with Crippen LogP contribution in [0, 0.1) is 0 Å². The summed E-state index contributed by atoms with van der Waals surface area (Å²) in [6.07, 6.45) is -3.21. The molecule has 1 amide bonds. The van der Waals surface area contributed by atoms with Crippen molar-refractivity contribution in [1.29, 1.82) is 0 Å². The van der Waals surface area contributed by atoms with Gasteiger partial charge >= 0.3 is 6.18 Å². The van der Waals surface area contributed by atoms with Gasteiger partial charge in [-0.2, -0.15) is 13.2 Å². The highest BCUT2D eigenvalue weighted by molar-refractivity contribution is 5.79. The lowest BCUT2D eigenvalue weighted by atomic mass is 10.1. The summed E-state index contributed by atoms with van der Waals surface area (Å²) in [7, 11) is 0. The Morgan fingerprint density at radius 1 is 1.08 bits per heavy atom. The SMILES string of the molecule is O=C(Cc1ccccc1)N[C@H]1CCN(c2ccc(C(F)(F)F)cc2)C1. The van der Waals surface area contributed by atoms with E-state index in [9.17, 15) is 18.0 Å². The van der Waals surface area contributed by atoms with Crippen LogP contribution in [0.15, 0.2) is 54.6 Å². The molecule has 1 saturated heterocycles. The lowest BCUT2D eigenvalue weighted by Crippen LogP contribution is -2.37. The van der Waals surface area contributed by atoms with Crippen LogP contribution in [0.1, 0.15) is 17.5 Å². The molecule has 2 aromatic carbocycles. The van der Waals surface area contributed by atoms with E-state index in [1.807, 2.05) is 35.2 Å². The Hall–Kier alpha value is -2.50. The quantitative estimate of drug-likeness (QED) is 0.915. The summed E-state index contributed by atoms with van der Waals surface area (Å²) in [5.41, 5.74) is 1.05. The molecule has 1 heterocycles. The average molecular weight is 348 g/mol. The summed E-state index contributed by atoms with van der Waals surface area (Å²) in [6, 6.07) is 14.7. The van der Waals surface area contributed by atoms with Crippen molar-refractivity contribution in [2.45, 2.75) is 25.1 Å². The fourth-order valence-corrected chi connectivity index (χ4v) is 3.03. The van der Waals surface area contributed by atoms with Crippen molar-refractivity contribution >= 4 is 11.6 Å². The zero-order chi connectivity index (χ0) is 17.9. The predicted molar refractivity (Wildman–Crippen MR) is 90.4 cm³/mol. The van der Waals surface area contributed by atoms with E-state index >= 15 is 0 Å². The third-order valence-corrected chi connectivity index (χ3v) is 4.32. The summed E-state index contributed by atoms with van der Waals surface area (Å²) in [5, 5.41) is 3.00. The van der Waals surface area contributed by atoms with Gasteiger partial charge in [0.05, 0.1) is 12.0 Å². The van der Waals surface area contributed by atoms with Crippen molar-refractivity contribution < 1.29 is 18.0 Å². The molecule has 1 N–H and O–H groups in total. The zero-order valence-electron chi connectivity index (χ0n) is 13.6. The van der Waals surface area contributed by atoms with Crippen molar-refractivity contribution in [3.63, 3.8) is 0 Å². The fraction of sp³-hybridized carbons (Fsp3) is 0.316. The number of alkyl halides is 3. The number of rotatable bonds is 4. The molecule has 1 atom stereocenters. The van der Waals surface area contributed by atoms with Gasteiger partial charge in [0.1, 0.15) is 0 Å². The second-order valence-electron chi connectivity index (χ2n) is 6.21. The van der Waals surface area contributed by atoms with Crippen molar-refractivity contribution in [2.24, 2.45) is 0 Å². The summed E-state index contributed by atoms with van der Waals surface area (Å²) < 4.78 is 37.9. The van der Waals surface area contributed by atoms with E-state index in [4.69, 9.17) is 0 Å². The van der Waals surface area contributed by atoms with E-state index in [0.29, 0.717) is 19.5 Å². The summed E-state index contributed by atoms with van der Waals surface area (Å²) in [5.74, 6) is -0.0366. The normalized spacial score (nSPS) is 17.6. The number of amides is 1. The number of anilines is 1. The van der Waals surface area contributed by atoms with Crippen LogP contribution < -0.4 is 10.2 Å². The molecule has 0 aliphatic carbocycles. The number of carbonyl (C=O) groups excluding carboxylic acids is 1. The molecule has 1 aliphatic heterocycles. The number of hydrogen-bond acceptors (Lipinski definition) is 2. The highest BCUT2D eigenvalue weighted by atomic mass is 19.4. The van der Waals surface area contributed by atoms with Crippen LogP contribution in [-0.4, -0.2) is 25.0 Å². The molecule has 25 heavy (non-hydrogen) atoms. The van der Waals surface area contributed by atoms with Crippen molar-refractivity contribution in [1.82, 2.24) is 5.32 Å². The smallest absolute Gasteiger partial charge is 0.369 e. The molecule has 0 spiro atoms. The van der Waals surface area contributed by atoms with Crippen LogP contribution in [-0.2, 0) is 17.4 Å². The maximum Gasteiger partial charge on any atom is 0.416 e. The Balaban J connectivity index is 1.54. The minimum absolute atomic E-state index is 0.0125. The Morgan fingerprint density at radius 2 is 1.76 bits per heavy atom. The summed E-state index contributed by atoms with van der Waals surface area (Å²) in [6.45, 7) is 1.31. The number of benzene rings is 2. The van der Waals surface area contributed by atoms with E-state index < -0.39 is 11.7 Å². The van der Waals surface area contributed by atoms with E-state index in [1.54, 1.807) is 0 Å². The molecule has 0 aromatic heterocycles. The van der Waals surface area contributed by atoms with E-state index in [0.717, 1.165) is 29.8 Å². The van der Waals surface area contributed by atoms with Crippen LogP contribution in [0.2, 0.25) is 0 Å². The van der Waals surface area contributed by atoms with E-state index in [-0.39, 0.29) is 11.9 Å². The molecule has 0 unspecified atom stereocenters. The Labute approximate surface area is 144 Å². The van der Waals surface area contributed by atoms with Gasteiger partial charge in [0, 0.05) is 24.8 Å². The minimum Gasteiger partial charge on any atom is -0.369 e. The number of hydrogen-bond donors (Lipinski definition) is 1. The van der Waals surface area contributed by atoms with Crippen molar-refractivity contribution in [3.05, 3.63) is 65.7 Å². The molecular weight excluding hydrogens is 329 g/mol. The number of halogens is 3. The first-order chi connectivity index (χ1) is 11.9. The summed E-state index contributed by atoms with van der Waals surface area (Å²) in [4.78, 5) is 14.1. The molecule has 132 valence electrons. The molecule has 0 saturated carbocycles. The average Bonchev–Trinajstić information content (AvgIpc) is 3.03. The van der Waals surface area contributed by atoms with Gasteiger partial charge in [-0.15, -0.1) is 0 Å². The predicted octanol–water partition coefficient (Wildman–Crippen LogP) is 3.64. The van der Waals surface area contributed by atoms with Crippen LogP contribution >= 0.6 is 0 Å². The van der Waals surface area contributed by atoms with Crippen molar-refractivity contribution in [2.75, 3.05) is 18.0 Å². The third-order valence-electron chi connectivity index (χ3n) is 4.32. The number of nitrogens with zero attached hydrogens (tertiary/aromatic N) is 1. The van der Waals surface area contributed by atoms with E-state index in [2.05, 4.69) is 5.32 Å². The fourth-order valence-electron chi connectivity index (χ4n) is 3.03. The van der Waals surface area contributed by atoms with Crippen molar-refractivity contribution in [3.8, 4) is 0 Å². The van der Waals surface area contributed by atoms with Crippen LogP contribution in [0.25, 0.3) is 0 Å². The topological polar surface area (TPSA) is 32.3 Å². The maximum absolute atomic E-state index is 12.6. The summed E-state index contributed by atoms with van der Waals surface area (Å²) >= 11 is 0. The first-order valence-electron chi connectivity index (χ1n) is 8.17. The van der Waals surface area contributed by atoms with Crippen LogP contribution in [0.4, 0.5) is 18.9 Å². The van der Waals surface area contributed by atoms with Gasteiger partial charge in [-0.3, -0.25) is 4.79 Å². The molecule has 6 heteroatoms. The standard InChI is InChI=1S/C19H19F3N2O/c20-19(21,22)15-6-8-17(9-7-15)24-11-10-16(13-24)23-18(25)12-14-4-2-1-3-5-14/h1-9,16H,10-13H2,(H,23,25)/t16-/m0/s1. The Bertz CT molecular complexity index is 714. The molecule has 1 fully saturated rings. The van der Waals surface area contributed by atoms with Crippen LogP contribution in [0.3, 0.4) is 0 Å². The molecule has 3 rings (SSSR count). The lowest BCUT2D eigenvalue weighted by Gasteiger charge is -2.20. The van der Waals surface area contributed by atoms with Gasteiger partial charge < -0.3 is 10.2 Å². The number of carbonyl (C=O) groups is 1. The van der Waals surface area contributed by atoms with Gasteiger partial charge in [0.2, 0.25) is 5.91 Å². The van der Waals surface area contributed by atoms with Gasteiger partial charge in [0.25, 0.3) is 0 Å². The molecule has 2 aromatic rings. The maximum atomic E-state index is 12.6. The minimum atomic E-state index is -4.32. The monoisotopic (exact) mass is 348 g/mol. The Kier molecular flexibility index (Phi) is 4.97. The molecule has 1 aliphatic rings. The highest BCUT2D eigenvalue weighted by Gasteiger charge is 2.30.